The highest BCUT2D eigenvalue weighted by atomic mass is 35.5. The molecule has 0 radical (unpaired) electrons. The number of nitrogens with zero attached hydrogens (tertiary/aromatic N) is 2. The average Bonchev–Trinajstić information content (AvgIpc) is 2.29. The molecule has 2 rings (SSSR count). The SMILES string of the molecule is CCC(C)Nc1ncnc2ccccc12.Cl.Cl. The maximum atomic E-state index is 4.27. The Morgan fingerprint density at radius 1 is 1.18 bits per heavy atom. The molecule has 1 aromatic carbocycles. The summed E-state index contributed by atoms with van der Waals surface area (Å²) in [5, 5.41) is 4.47. The van der Waals surface area contributed by atoms with Gasteiger partial charge in [-0.05, 0) is 25.5 Å². The molecule has 0 fully saturated rings. The molecule has 0 bridgehead atoms. The first-order valence-electron chi connectivity index (χ1n) is 5.27. The second-order valence-corrected chi connectivity index (χ2v) is 3.69. The average molecular weight is 274 g/mol. The molecule has 0 saturated carbocycles. The third kappa shape index (κ3) is 3.72. The van der Waals surface area contributed by atoms with Crippen LogP contribution in [0.3, 0.4) is 0 Å². The third-order valence-electron chi connectivity index (χ3n) is 2.54. The van der Waals surface area contributed by atoms with E-state index in [9.17, 15) is 0 Å². The monoisotopic (exact) mass is 273 g/mol. The molecule has 2 aromatic rings. The van der Waals surface area contributed by atoms with E-state index < -0.39 is 0 Å². The normalized spacial score (nSPS) is 11.2. The second-order valence-electron chi connectivity index (χ2n) is 3.69. The lowest BCUT2D eigenvalue weighted by Gasteiger charge is -2.13. The summed E-state index contributed by atoms with van der Waals surface area (Å²) in [6.07, 6.45) is 2.69. The Bertz CT molecular complexity index is 457. The van der Waals surface area contributed by atoms with E-state index in [2.05, 4.69) is 29.1 Å². The number of rotatable bonds is 3. The van der Waals surface area contributed by atoms with Gasteiger partial charge < -0.3 is 5.32 Å². The first-order chi connectivity index (χ1) is 7.31. The van der Waals surface area contributed by atoms with Crippen LogP contribution in [0.15, 0.2) is 30.6 Å². The van der Waals surface area contributed by atoms with Crippen molar-refractivity contribution in [2.75, 3.05) is 5.32 Å². The Labute approximate surface area is 114 Å². The van der Waals surface area contributed by atoms with Crippen molar-refractivity contribution in [3.8, 4) is 0 Å². The van der Waals surface area contributed by atoms with Crippen molar-refractivity contribution in [2.45, 2.75) is 26.3 Å². The van der Waals surface area contributed by atoms with Crippen molar-refractivity contribution in [3.05, 3.63) is 30.6 Å². The van der Waals surface area contributed by atoms with Crippen molar-refractivity contribution < 1.29 is 0 Å². The van der Waals surface area contributed by atoms with Gasteiger partial charge in [0, 0.05) is 11.4 Å². The summed E-state index contributed by atoms with van der Waals surface area (Å²) in [5.74, 6) is 0.926. The van der Waals surface area contributed by atoms with Crippen LogP contribution < -0.4 is 5.32 Å². The van der Waals surface area contributed by atoms with E-state index in [1.54, 1.807) is 6.33 Å². The largest absolute Gasteiger partial charge is 0.367 e. The van der Waals surface area contributed by atoms with Gasteiger partial charge in [-0.15, -0.1) is 24.8 Å². The second kappa shape index (κ2) is 7.30. The summed E-state index contributed by atoms with van der Waals surface area (Å²) in [7, 11) is 0. The fraction of sp³-hybridized carbons (Fsp3) is 0.333. The molecule has 0 aliphatic carbocycles. The van der Waals surface area contributed by atoms with Crippen LogP contribution in [0.25, 0.3) is 10.9 Å². The van der Waals surface area contributed by atoms with E-state index in [4.69, 9.17) is 0 Å². The Hall–Kier alpha value is -1.06. The molecule has 5 heteroatoms. The van der Waals surface area contributed by atoms with Gasteiger partial charge >= 0.3 is 0 Å². The number of hydrogen-bond acceptors (Lipinski definition) is 3. The summed E-state index contributed by atoms with van der Waals surface area (Å²) >= 11 is 0. The van der Waals surface area contributed by atoms with Crippen LogP contribution >= 0.6 is 24.8 Å². The van der Waals surface area contributed by atoms with Gasteiger partial charge in [-0.25, -0.2) is 9.97 Å². The number of benzene rings is 1. The van der Waals surface area contributed by atoms with Gasteiger partial charge in [0.2, 0.25) is 0 Å². The lowest BCUT2D eigenvalue weighted by molar-refractivity contribution is 0.760. The highest BCUT2D eigenvalue weighted by molar-refractivity contribution is 5.88. The Morgan fingerprint density at radius 3 is 2.59 bits per heavy atom. The van der Waals surface area contributed by atoms with Gasteiger partial charge in [0.25, 0.3) is 0 Å². The van der Waals surface area contributed by atoms with Gasteiger partial charge in [-0.2, -0.15) is 0 Å². The van der Waals surface area contributed by atoms with Crippen LogP contribution in [0.5, 0.6) is 0 Å². The summed E-state index contributed by atoms with van der Waals surface area (Å²) in [4.78, 5) is 8.50. The van der Waals surface area contributed by atoms with E-state index in [1.165, 1.54) is 0 Å². The van der Waals surface area contributed by atoms with Crippen LogP contribution in [-0.2, 0) is 0 Å². The molecule has 1 aromatic heterocycles. The first kappa shape index (κ1) is 15.9. The third-order valence-corrected chi connectivity index (χ3v) is 2.54. The smallest absolute Gasteiger partial charge is 0.137 e. The maximum absolute atomic E-state index is 4.27. The van der Waals surface area contributed by atoms with Gasteiger partial charge in [-0.3, -0.25) is 0 Å². The fourth-order valence-corrected chi connectivity index (χ4v) is 1.46. The van der Waals surface area contributed by atoms with Crippen molar-refractivity contribution in [1.82, 2.24) is 9.97 Å². The number of anilines is 1. The minimum Gasteiger partial charge on any atom is -0.367 e. The molecule has 0 aliphatic rings. The minimum atomic E-state index is 0. The van der Waals surface area contributed by atoms with Crippen LogP contribution in [0.1, 0.15) is 20.3 Å². The van der Waals surface area contributed by atoms with Crippen molar-refractivity contribution in [3.63, 3.8) is 0 Å². The molecule has 0 saturated heterocycles. The zero-order chi connectivity index (χ0) is 10.7. The van der Waals surface area contributed by atoms with Gasteiger partial charge in [0.1, 0.15) is 12.1 Å². The molecule has 0 amide bonds. The van der Waals surface area contributed by atoms with Crippen LogP contribution in [-0.4, -0.2) is 16.0 Å². The summed E-state index contributed by atoms with van der Waals surface area (Å²) in [6, 6.07) is 8.47. The molecule has 17 heavy (non-hydrogen) atoms. The topological polar surface area (TPSA) is 37.8 Å². The predicted octanol–water partition coefficient (Wildman–Crippen LogP) is 3.68. The molecule has 3 nitrogen and oxygen atoms in total. The molecule has 1 atom stereocenters. The van der Waals surface area contributed by atoms with Gasteiger partial charge in [0.05, 0.1) is 5.52 Å². The molecule has 0 spiro atoms. The standard InChI is InChI=1S/C12H15N3.2ClH/c1-3-9(2)15-12-10-6-4-5-7-11(10)13-8-14-12;;/h4-9H,3H2,1-2H3,(H,13,14,15);2*1H. The molecular formula is C12H17Cl2N3. The Morgan fingerprint density at radius 2 is 1.88 bits per heavy atom. The number of aromatic nitrogens is 2. The molecular weight excluding hydrogens is 257 g/mol. The number of hydrogen-bond donors (Lipinski definition) is 1. The zero-order valence-corrected chi connectivity index (χ0v) is 11.5. The van der Waals surface area contributed by atoms with Gasteiger partial charge in [0.15, 0.2) is 0 Å². The molecule has 1 unspecified atom stereocenters. The maximum Gasteiger partial charge on any atom is 0.137 e. The highest BCUT2D eigenvalue weighted by Crippen LogP contribution is 2.19. The first-order valence-corrected chi connectivity index (χ1v) is 5.27. The lowest BCUT2D eigenvalue weighted by atomic mass is 10.2. The van der Waals surface area contributed by atoms with E-state index in [0.29, 0.717) is 6.04 Å². The van der Waals surface area contributed by atoms with E-state index in [0.717, 1.165) is 23.1 Å². The van der Waals surface area contributed by atoms with Crippen LogP contribution in [0, 0.1) is 0 Å². The number of halogens is 2. The van der Waals surface area contributed by atoms with E-state index in [-0.39, 0.29) is 24.8 Å². The molecule has 0 aliphatic heterocycles. The highest BCUT2D eigenvalue weighted by Gasteiger charge is 2.04. The van der Waals surface area contributed by atoms with Gasteiger partial charge in [-0.1, -0.05) is 19.1 Å². The number of para-hydroxylation sites is 1. The van der Waals surface area contributed by atoms with Crippen LogP contribution in [0.2, 0.25) is 0 Å². The molecule has 1 heterocycles. The lowest BCUT2D eigenvalue weighted by Crippen LogP contribution is -2.14. The summed E-state index contributed by atoms with van der Waals surface area (Å²) in [6.45, 7) is 4.30. The van der Waals surface area contributed by atoms with Crippen molar-refractivity contribution in [1.29, 1.82) is 0 Å². The number of nitrogens with one attached hydrogen (secondary N) is 1. The van der Waals surface area contributed by atoms with E-state index >= 15 is 0 Å². The Balaban J connectivity index is 0.00000128. The minimum absolute atomic E-state index is 0. The zero-order valence-electron chi connectivity index (χ0n) is 9.88. The summed E-state index contributed by atoms with van der Waals surface area (Å²) in [5.41, 5.74) is 0.985. The van der Waals surface area contributed by atoms with Crippen molar-refractivity contribution in [2.24, 2.45) is 0 Å². The predicted molar refractivity (Wildman–Crippen MR) is 77.4 cm³/mol. The van der Waals surface area contributed by atoms with Crippen LogP contribution in [0.4, 0.5) is 5.82 Å². The molecule has 94 valence electrons. The summed E-state index contributed by atoms with van der Waals surface area (Å²) < 4.78 is 0. The Kier molecular flexibility index (Phi) is 6.85. The fourth-order valence-electron chi connectivity index (χ4n) is 1.46. The quantitative estimate of drug-likeness (QED) is 0.927. The molecule has 1 N–H and O–H groups in total. The van der Waals surface area contributed by atoms with Crippen molar-refractivity contribution >= 4 is 41.5 Å². The van der Waals surface area contributed by atoms with E-state index in [1.807, 2.05) is 24.3 Å². The number of fused-ring (bicyclic) bond motifs is 1.